The average Bonchev–Trinajstić information content (AvgIpc) is 3.19. The van der Waals surface area contributed by atoms with Gasteiger partial charge in [0.25, 0.3) is 11.6 Å². The van der Waals surface area contributed by atoms with Crippen LogP contribution in [0.5, 0.6) is 5.75 Å². The number of methoxy groups -OCH3 is 1. The first kappa shape index (κ1) is 23.6. The molecule has 0 unspecified atom stereocenters. The fraction of sp³-hybridized carbons (Fsp3) is 0.143. The van der Waals surface area contributed by atoms with Gasteiger partial charge in [-0.2, -0.15) is 10.1 Å². The van der Waals surface area contributed by atoms with E-state index in [0.717, 1.165) is 16.7 Å². The molecule has 35 heavy (non-hydrogen) atoms. The second kappa shape index (κ2) is 10.2. The van der Waals surface area contributed by atoms with Crippen molar-refractivity contribution in [2.24, 2.45) is 11.0 Å². The zero-order valence-electron chi connectivity index (χ0n) is 19.7. The van der Waals surface area contributed by atoms with E-state index in [1.807, 2.05) is 74.5 Å². The van der Waals surface area contributed by atoms with Crippen molar-refractivity contribution in [3.05, 3.63) is 105 Å². The Bertz CT molecular complexity index is 1340. The second-order valence-corrected chi connectivity index (χ2v) is 8.33. The summed E-state index contributed by atoms with van der Waals surface area (Å²) < 4.78 is 5.55. The minimum atomic E-state index is -0.477. The van der Waals surface area contributed by atoms with Gasteiger partial charge in [-0.25, -0.2) is 0 Å². The van der Waals surface area contributed by atoms with Crippen molar-refractivity contribution in [2.75, 3.05) is 12.1 Å². The Kier molecular flexibility index (Phi) is 6.87. The Morgan fingerprint density at radius 2 is 1.66 bits per heavy atom. The number of benzene rings is 3. The molecule has 7 heteroatoms. The number of carbonyl (C=O) groups excluding carboxylic acids is 1. The van der Waals surface area contributed by atoms with Crippen LogP contribution in [0.4, 0.5) is 11.4 Å². The predicted molar refractivity (Wildman–Crippen MR) is 139 cm³/mol. The average molecular weight is 468 g/mol. The number of anilines is 1. The molecule has 1 heterocycles. The molecule has 0 aromatic heterocycles. The van der Waals surface area contributed by atoms with E-state index in [2.05, 4.69) is 5.10 Å². The van der Waals surface area contributed by atoms with Crippen LogP contribution in [0.1, 0.15) is 30.5 Å². The zero-order chi connectivity index (χ0) is 24.9. The Morgan fingerprint density at radius 3 is 2.29 bits per heavy atom. The van der Waals surface area contributed by atoms with Gasteiger partial charge >= 0.3 is 0 Å². The maximum absolute atomic E-state index is 13.4. The van der Waals surface area contributed by atoms with Crippen molar-refractivity contribution < 1.29 is 14.5 Å². The molecule has 4 rings (SSSR count). The molecule has 0 N–H and O–H groups in total. The SMILES string of the molecule is COc1ccc(/C=C/c2ccccc2)cc1/C=C1/C(=O)N(c2ccc([N+](=O)[O-])cc2)N=C1C(C)C. The van der Waals surface area contributed by atoms with Crippen molar-refractivity contribution in [1.29, 1.82) is 0 Å². The van der Waals surface area contributed by atoms with Gasteiger partial charge in [0.2, 0.25) is 0 Å². The van der Waals surface area contributed by atoms with E-state index in [9.17, 15) is 14.9 Å². The van der Waals surface area contributed by atoms with E-state index >= 15 is 0 Å². The number of nitro benzene ring substituents is 1. The number of non-ortho nitro benzene ring substituents is 1. The standard InChI is InChI=1S/C28H25N3O4/c1-19(2)27-25(28(32)30(29-27)23-12-14-24(15-13-23)31(33)34)18-22-17-21(11-16-26(22)35-3)10-9-20-7-5-4-6-8-20/h4-19H,1-3H3/b10-9+,25-18+. The first-order chi connectivity index (χ1) is 16.9. The highest BCUT2D eigenvalue weighted by molar-refractivity contribution is 6.33. The quantitative estimate of drug-likeness (QED) is 0.179. The van der Waals surface area contributed by atoms with Crippen molar-refractivity contribution in [3.8, 4) is 5.75 Å². The van der Waals surface area contributed by atoms with E-state index in [1.165, 1.54) is 29.3 Å². The molecule has 0 aliphatic carbocycles. The van der Waals surface area contributed by atoms with Gasteiger partial charge in [0.1, 0.15) is 5.75 Å². The molecule has 0 saturated heterocycles. The van der Waals surface area contributed by atoms with Crippen LogP contribution in [0, 0.1) is 16.0 Å². The lowest BCUT2D eigenvalue weighted by Crippen LogP contribution is -2.21. The lowest BCUT2D eigenvalue weighted by atomic mass is 9.97. The number of hydrogen-bond donors (Lipinski definition) is 0. The van der Waals surface area contributed by atoms with E-state index in [-0.39, 0.29) is 17.5 Å². The molecule has 1 amide bonds. The summed E-state index contributed by atoms with van der Waals surface area (Å²) in [5.41, 5.74) is 4.32. The first-order valence-corrected chi connectivity index (χ1v) is 11.2. The third-order valence-electron chi connectivity index (χ3n) is 5.58. The van der Waals surface area contributed by atoms with Crippen LogP contribution in [0.25, 0.3) is 18.2 Å². The van der Waals surface area contributed by atoms with Crippen molar-refractivity contribution in [3.63, 3.8) is 0 Å². The summed E-state index contributed by atoms with van der Waals surface area (Å²) in [7, 11) is 1.59. The van der Waals surface area contributed by atoms with E-state index < -0.39 is 4.92 Å². The fourth-order valence-corrected chi connectivity index (χ4v) is 3.76. The highest BCUT2D eigenvalue weighted by Crippen LogP contribution is 2.31. The molecule has 0 fully saturated rings. The van der Waals surface area contributed by atoms with Gasteiger partial charge in [-0.15, -0.1) is 0 Å². The number of nitro groups is 1. The van der Waals surface area contributed by atoms with Gasteiger partial charge in [0.15, 0.2) is 0 Å². The molecule has 176 valence electrons. The molecule has 0 radical (unpaired) electrons. The summed E-state index contributed by atoms with van der Waals surface area (Å²) in [6.07, 6.45) is 5.83. The molecular weight excluding hydrogens is 442 g/mol. The van der Waals surface area contributed by atoms with E-state index in [0.29, 0.717) is 22.7 Å². The van der Waals surface area contributed by atoms with Crippen LogP contribution < -0.4 is 9.75 Å². The second-order valence-electron chi connectivity index (χ2n) is 8.33. The third-order valence-corrected chi connectivity index (χ3v) is 5.58. The fourth-order valence-electron chi connectivity index (χ4n) is 3.76. The molecule has 3 aromatic carbocycles. The molecule has 1 aliphatic heterocycles. The summed E-state index contributed by atoms with van der Waals surface area (Å²) >= 11 is 0. The predicted octanol–water partition coefficient (Wildman–Crippen LogP) is 6.22. The molecule has 0 atom stereocenters. The summed E-state index contributed by atoms with van der Waals surface area (Å²) in [4.78, 5) is 23.9. The first-order valence-electron chi connectivity index (χ1n) is 11.2. The van der Waals surface area contributed by atoms with Gasteiger partial charge in [-0.05, 0) is 47.4 Å². The van der Waals surface area contributed by atoms with Crippen LogP contribution in [0.2, 0.25) is 0 Å². The number of hydrazone groups is 1. The maximum Gasteiger partial charge on any atom is 0.280 e. The Labute approximate surface area is 203 Å². The van der Waals surface area contributed by atoms with Crippen LogP contribution in [0.3, 0.4) is 0 Å². The van der Waals surface area contributed by atoms with Gasteiger partial charge in [0, 0.05) is 17.7 Å². The lowest BCUT2D eigenvalue weighted by molar-refractivity contribution is -0.384. The molecule has 7 nitrogen and oxygen atoms in total. The monoisotopic (exact) mass is 467 g/mol. The van der Waals surface area contributed by atoms with E-state index in [1.54, 1.807) is 13.2 Å². The largest absolute Gasteiger partial charge is 0.496 e. The highest BCUT2D eigenvalue weighted by Gasteiger charge is 2.33. The van der Waals surface area contributed by atoms with Crippen molar-refractivity contribution >= 4 is 41.2 Å². The van der Waals surface area contributed by atoms with Crippen molar-refractivity contribution in [1.82, 2.24) is 0 Å². The normalized spacial score (nSPS) is 14.7. The van der Waals surface area contributed by atoms with Crippen LogP contribution >= 0.6 is 0 Å². The lowest BCUT2D eigenvalue weighted by Gasteiger charge is -2.11. The third kappa shape index (κ3) is 5.19. The Hall–Kier alpha value is -4.52. The van der Waals surface area contributed by atoms with Crippen LogP contribution in [0.15, 0.2) is 83.5 Å². The number of carbonyl (C=O) groups is 1. The van der Waals surface area contributed by atoms with Gasteiger partial charge in [-0.1, -0.05) is 62.4 Å². The van der Waals surface area contributed by atoms with Crippen LogP contribution in [-0.2, 0) is 4.79 Å². The van der Waals surface area contributed by atoms with Crippen LogP contribution in [-0.4, -0.2) is 23.7 Å². The highest BCUT2D eigenvalue weighted by atomic mass is 16.6. The number of ether oxygens (including phenoxy) is 1. The summed E-state index contributed by atoms with van der Waals surface area (Å²) in [5.74, 6) is 0.328. The molecule has 0 saturated carbocycles. The zero-order valence-corrected chi connectivity index (χ0v) is 19.7. The maximum atomic E-state index is 13.4. The number of rotatable bonds is 7. The Morgan fingerprint density at radius 1 is 0.971 bits per heavy atom. The summed E-state index contributed by atoms with van der Waals surface area (Å²) in [6, 6.07) is 21.6. The molecule has 1 aliphatic rings. The van der Waals surface area contributed by atoms with Crippen molar-refractivity contribution in [2.45, 2.75) is 13.8 Å². The smallest absolute Gasteiger partial charge is 0.280 e. The summed E-state index contributed by atoms with van der Waals surface area (Å²) in [5, 5.41) is 16.8. The molecule has 0 spiro atoms. The number of nitrogens with zero attached hydrogens (tertiary/aromatic N) is 3. The van der Waals surface area contributed by atoms with Gasteiger partial charge in [-0.3, -0.25) is 14.9 Å². The molecular formula is C28H25N3O4. The molecule has 3 aromatic rings. The molecule has 0 bridgehead atoms. The number of amides is 1. The minimum Gasteiger partial charge on any atom is -0.496 e. The van der Waals surface area contributed by atoms with Gasteiger partial charge < -0.3 is 4.74 Å². The van der Waals surface area contributed by atoms with Gasteiger partial charge in [0.05, 0.1) is 29.0 Å². The van der Waals surface area contributed by atoms with E-state index in [4.69, 9.17) is 4.74 Å². The topological polar surface area (TPSA) is 85.0 Å². The minimum absolute atomic E-state index is 0.0135. The number of hydrogen-bond acceptors (Lipinski definition) is 5. The Balaban J connectivity index is 1.70. The summed E-state index contributed by atoms with van der Waals surface area (Å²) in [6.45, 7) is 3.94.